The first kappa shape index (κ1) is 20.4. The molecule has 0 heterocycles. The zero-order chi connectivity index (χ0) is 20.0. The quantitative estimate of drug-likeness (QED) is 0.424. The summed E-state index contributed by atoms with van der Waals surface area (Å²) in [4.78, 5) is 34.1. The fourth-order valence-corrected chi connectivity index (χ4v) is 2.51. The van der Waals surface area contributed by atoms with Crippen LogP contribution in [0.4, 0.5) is 11.4 Å². The van der Waals surface area contributed by atoms with E-state index < -0.39 is 23.4 Å². The normalized spacial score (nSPS) is 11.5. The first-order valence-electron chi connectivity index (χ1n) is 8.32. The number of nitrogens with zero attached hydrogens (tertiary/aromatic N) is 1. The van der Waals surface area contributed by atoms with Crippen molar-refractivity contribution < 1.29 is 19.2 Å². The van der Waals surface area contributed by atoms with E-state index in [0.717, 1.165) is 12.5 Å². The lowest BCUT2D eigenvalue weighted by atomic mass is 9.99. The molecule has 27 heavy (non-hydrogen) atoms. The molecule has 0 aliphatic heterocycles. The van der Waals surface area contributed by atoms with Crippen LogP contribution >= 0.6 is 11.6 Å². The van der Waals surface area contributed by atoms with Crippen LogP contribution < -0.4 is 5.32 Å². The van der Waals surface area contributed by atoms with Gasteiger partial charge < -0.3 is 10.1 Å². The highest BCUT2D eigenvalue weighted by molar-refractivity contribution is 6.33. The molecule has 142 valence electrons. The summed E-state index contributed by atoms with van der Waals surface area (Å²) >= 11 is 5.87. The van der Waals surface area contributed by atoms with Crippen LogP contribution in [0.2, 0.25) is 5.02 Å². The van der Waals surface area contributed by atoms with E-state index in [9.17, 15) is 19.7 Å². The Balaban J connectivity index is 1.94. The highest BCUT2D eigenvalue weighted by atomic mass is 35.5. The Morgan fingerprint density at radius 2 is 1.89 bits per heavy atom. The summed E-state index contributed by atoms with van der Waals surface area (Å²) in [6.07, 6.45) is 1.02. The van der Waals surface area contributed by atoms with Crippen LogP contribution in [0.1, 0.15) is 42.1 Å². The van der Waals surface area contributed by atoms with E-state index in [4.69, 9.17) is 16.3 Å². The summed E-state index contributed by atoms with van der Waals surface area (Å²) in [6, 6.07) is 10.8. The molecule has 0 unspecified atom stereocenters. The number of carbonyl (C=O) groups excluding carboxylic acids is 2. The Hall–Kier alpha value is -2.93. The van der Waals surface area contributed by atoms with Gasteiger partial charge in [0.05, 0.1) is 15.5 Å². The number of nitro benzene ring substituents is 1. The highest BCUT2D eigenvalue weighted by Gasteiger charge is 2.18. The SMILES string of the molecule is CC[C@H](C)c1ccc(NC(=O)COC(=O)c2cc([N+](=O)[O-])ccc2Cl)cc1. The van der Waals surface area contributed by atoms with Crippen molar-refractivity contribution in [2.75, 3.05) is 11.9 Å². The van der Waals surface area contributed by atoms with Crippen molar-refractivity contribution in [1.82, 2.24) is 0 Å². The average Bonchev–Trinajstić information content (AvgIpc) is 2.66. The van der Waals surface area contributed by atoms with Gasteiger partial charge in [-0.2, -0.15) is 0 Å². The number of amides is 1. The lowest BCUT2D eigenvalue weighted by Crippen LogP contribution is -2.21. The fraction of sp³-hybridized carbons (Fsp3) is 0.263. The molecule has 1 N–H and O–H groups in total. The predicted molar refractivity (Wildman–Crippen MR) is 102 cm³/mol. The Labute approximate surface area is 161 Å². The van der Waals surface area contributed by atoms with E-state index >= 15 is 0 Å². The molecule has 0 aromatic heterocycles. The van der Waals surface area contributed by atoms with Gasteiger partial charge in [-0.15, -0.1) is 0 Å². The molecule has 0 fully saturated rings. The van der Waals surface area contributed by atoms with Gasteiger partial charge in [0.25, 0.3) is 11.6 Å². The molecule has 2 aromatic carbocycles. The van der Waals surface area contributed by atoms with Crippen LogP contribution in [0.5, 0.6) is 0 Å². The van der Waals surface area contributed by atoms with Crippen LogP contribution in [0.25, 0.3) is 0 Å². The Kier molecular flexibility index (Phi) is 6.90. The molecule has 7 nitrogen and oxygen atoms in total. The number of carbonyl (C=O) groups is 2. The molecule has 1 atom stereocenters. The zero-order valence-corrected chi connectivity index (χ0v) is 15.7. The standard InChI is InChI=1S/C19H19ClN2O5/c1-3-12(2)13-4-6-14(7-5-13)21-18(23)11-27-19(24)16-10-15(22(25)26)8-9-17(16)20/h4-10,12H,3,11H2,1-2H3,(H,21,23)/t12-/m0/s1. The number of benzene rings is 2. The van der Waals surface area contributed by atoms with Gasteiger partial charge in [-0.3, -0.25) is 14.9 Å². The third kappa shape index (κ3) is 5.52. The van der Waals surface area contributed by atoms with Crippen molar-refractivity contribution in [1.29, 1.82) is 0 Å². The molecule has 1 amide bonds. The molecule has 0 saturated heterocycles. The topological polar surface area (TPSA) is 98.5 Å². The summed E-state index contributed by atoms with van der Waals surface area (Å²) < 4.78 is 4.90. The lowest BCUT2D eigenvalue weighted by Gasteiger charge is -2.11. The van der Waals surface area contributed by atoms with Crippen molar-refractivity contribution in [2.24, 2.45) is 0 Å². The maximum absolute atomic E-state index is 12.0. The number of hydrogen-bond acceptors (Lipinski definition) is 5. The van der Waals surface area contributed by atoms with Gasteiger partial charge in [0.2, 0.25) is 0 Å². The maximum Gasteiger partial charge on any atom is 0.340 e. The fourth-order valence-electron chi connectivity index (χ4n) is 2.32. The molecule has 0 aliphatic carbocycles. The Bertz CT molecular complexity index is 852. The van der Waals surface area contributed by atoms with Crippen molar-refractivity contribution in [3.63, 3.8) is 0 Å². The van der Waals surface area contributed by atoms with Gasteiger partial charge in [0.15, 0.2) is 6.61 Å². The largest absolute Gasteiger partial charge is 0.452 e. The van der Waals surface area contributed by atoms with Gasteiger partial charge in [-0.1, -0.05) is 37.6 Å². The van der Waals surface area contributed by atoms with E-state index in [1.807, 2.05) is 12.1 Å². The number of hydrogen-bond donors (Lipinski definition) is 1. The van der Waals surface area contributed by atoms with Crippen LogP contribution in [0, 0.1) is 10.1 Å². The van der Waals surface area contributed by atoms with Crippen molar-refractivity contribution in [2.45, 2.75) is 26.2 Å². The van der Waals surface area contributed by atoms with Crippen LogP contribution in [0.3, 0.4) is 0 Å². The number of nitrogens with one attached hydrogen (secondary N) is 1. The van der Waals surface area contributed by atoms with Crippen molar-refractivity contribution >= 4 is 34.9 Å². The number of halogens is 1. The minimum absolute atomic E-state index is 0.00615. The lowest BCUT2D eigenvalue weighted by molar-refractivity contribution is -0.384. The summed E-state index contributed by atoms with van der Waals surface area (Å²) in [5, 5.41) is 13.4. The molecular formula is C19H19ClN2O5. The summed E-state index contributed by atoms with van der Waals surface area (Å²) in [7, 11) is 0. The average molecular weight is 391 g/mol. The third-order valence-corrected chi connectivity index (χ3v) is 4.42. The van der Waals surface area contributed by atoms with Crippen LogP contribution in [-0.2, 0) is 9.53 Å². The first-order valence-corrected chi connectivity index (χ1v) is 8.70. The first-order chi connectivity index (χ1) is 12.8. The summed E-state index contributed by atoms with van der Waals surface area (Å²) in [5.74, 6) is -1.01. The van der Waals surface area contributed by atoms with Gasteiger partial charge in [-0.05, 0) is 36.1 Å². The molecule has 2 rings (SSSR count). The molecule has 8 heteroatoms. The second-order valence-electron chi connectivity index (χ2n) is 5.98. The number of non-ortho nitro benzene ring substituents is 1. The van der Waals surface area contributed by atoms with Gasteiger partial charge >= 0.3 is 5.97 Å². The van der Waals surface area contributed by atoms with E-state index in [1.165, 1.54) is 17.7 Å². The zero-order valence-electron chi connectivity index (χ0n) is 14.9. The molecule has 0 bridgehead atoms. The number of anilines is 1. The molecule has 0 spiro atoms. The molecular weight excluding hydrogens is 372 g/mol. The van der Waals surface area contributed by atoms with Crippen LogP contribution in [-0.4, -0.2) is 23.4 Å². The predicted octanol–water partition coefficient (Wildman–Crippen LogP) is 4.56. The van der Waals surface area contributed by atoms with E-state index in [1.54, 1.807) is 12.1 Å². The second kappa shape index (κ2) is 9.14. The van der Waals surface area contributed by atoms with E-state index in [-0.39, 0.29) is 16.3 Å². The minimum atomic E-state index is -0.911. The second-order valence-corrected chi connectivity index (χ2v) is 6.38. The number of ether oxygens (including phenoxy) is 1. The number of esters is 1. The van der Waals surface area contributed by atoms with Crippen molar-refractivity contribution in [3.05, 3.63) is 68.7 Å². The highest BCUT2D eigenvalue weighted by Crippen LogP contribution is 2.23. The van der Waals surface area contributed by atoms with Gasteiger partial charge in [0, 0.05) is 17.8 Å². The van der Waals surface area contributed by atoms with E-state index in [0.29, 0.717) is 11.6 Å². The monoisotopic (exact) mass is 390 g/mol. The molecule has 0 radical (unpaired) electrons. The van der Waals surface area contributed by atoms with Gasteiger partial charge in [0.1, 0.15) is 0 Å². The van der Waals surface area contributed by atoms with Crippen LogP contribution in [0.15, 0.2) is 42.5 Å². The molecule has 2 aromatic rings. The molecule has 0 aliphatic rings. The Morgan fingerprint density at radius 1 is 1.22 bits per heavy atom. The Morgan fingerprint density at radius 3 is 2.48 bits per heavy atom. The molecule has 0 saturated carbocycles. The number of rotatable bonds is 7. The van der Waals surface area contributed by atoms with Gasteiger partial charge in [-0.25, -0.2) is 4.79 Å². The summed E-state index contributed by atoms with van der Waals surface area (Å²) in [5.41, 5.74) is 1.28. The summed E-state index contributed by atoms with van der Waals surface area (Å²) in [6.45, 7) is 3.68. The maximum atomic E-state index is 12.0. The minimum Gasteiger partial charge on any atom is -0.452 e. The smallest absolute Gasteiger partial charge is 0.340 e. The van der Waals surface area contributed by atoms with E-state index in [2.05, 4.69) is 19.2 Å². The number of nitro groups is 1. The van der Waals surface area contributed by atoms with Crippen molar-refractivity contribution in [3.8, 4) is 0 Å². The third-order valence-electron chi connectivity index (χ3n) is 4.09.